The molecule has 9 nitrogen and oxygen atoms in total. The zero-order chi connectivity index (χ0) is 21.9. The molecule has 3 N–H and O–H groups in total. The molecular formula is C20H19FN4O5. The summed E-state index contributed by atoms with van der Waals surface area (Å²) in [7, 11) is 1.47. The number of ether oxygens (including phenoxy) is 1. The Morgan fingerprint density at radius 3 is 2.60 bits per heavy atom. The summed E-state index contributed by atoms with van der Waals surface area (Å²) in [5, 5.41) is 5.30. The Hall–Kier alpha value is -3.95. The first kappa shape index (κ1) is 20.8. The molecular weight excluding hydrogens is 395 g/mol. The van der Waals surface area contributed by atoms with E-state index in [1.807, 2.05) is 0 Å². The van der Waals surface area contributed by atoms with Crippen LogP contribution in [0.4, 0.5) is 9.18 Å². The number of nitrogens with one attached hydrogen (secondary N) is 3. The minimum atomic E-state index is -1.42. The third kappa shape index (κ3) is 3.93. The molecule has 30 heavy (non-hydrogen) atoms. The van der Waals surface area contributed by atoms with Crippen molar-refractivity contribution in [1.29, 1.82) is 0 Å². The van der Waals surface area contributed by atoms with Gasteiger partial charge in [0.2, 0.25) is 0 Å². The van der Waals surface area contributed by atoms with Gasteiger partial charge in [-0.25, -0.2) is 9.18 Å². The van der Waals surface area contributed by atoms with Crippen molar-refractivity contribution >= 4 is 23.8 Å². The number of hydrazine groups is 1. The van der Waals surface area contributed by atoms with Crippen molar-refractivity contribution in [2.75, 3.05) is 13.7 Å². The molecule has 0 aliphatic carbocycles. The quantitative estimate of drug-likeness (QED) is 0.611. The summed E-state index contributed by atoms with van der Waals surface area (Å²) in [5.74, 6) is -2.60. The number of rotatable bonds is 6. The molecule has 3 rings (SSSR count). The highest BCUT2D eigenvalue weighted by atomic mass is 19.1. The summed E-state index contributed by atoms with van der Waals surface area (Å²) in [5.41, 5.74) is 0.957. The van der Waals surface area contributed by atoms with E-state index < -0.39 is 41.7 Å². The van der Waals surface area contributed by atoms with Gasteiger partial charge >= 0.3 is 6.03 Å². The van der Waals surface area contributed by atoms with Crippen molar-refractivity contribution in [3.8, 4) is 5.75 Å². The Morgan fingerprint density at radius 2 is 1.90 bits per heavy atom. The molecule has 2 aromatic rings. The van der Waals surface area contributed by atoms with Gasteiger partial charge in [0.25, 0.3) is 17.7 Å². The van der Waals surface area contributed by atoms with Crippen LogP contribution in [0.2, 0.25) is 0 Å². The number of hydrogen-bond donors (Lipinski definition) is 3. The molecule has 10 heteroatoms. The Morgan fingerprint density at radius 1 is 1.17 bits per heavy atom. The molecule has 0 unspecified atom stereocenters. The summed E-state index contributed by atoms with van der Waals surface area (Å²) >= 11 is 0. The van der Waals surface area contributed by atoms with E-state index in [0.717, 1.165) is 6.07 Å². The highest BCUT2D eigenvalue weighted by Gasteiger charge is 2.50. The van der Waals surface area contributed by atoms with Gasteiger partial charge < -0.3 is 15.4 Å². The van der Waals surface area contributed by atoms with Gasteiger partial charge in [-0.2, -0.15) is 5.01 Å². The van der Waals surface area contributed by atoms with Gasteiger partial charge in [-0.3, -0.25) is 19.8 Å². The standard InChI is InChI=1S/C20H19FN4O5/c1-20(12-6-5-7-13(10-12)30-2)18(28)25(19(29)23-20)24-16(26)11-22-17(27)14-8-3-4-9-15(14)21/h3-10H,11H2,1-2H3,(H,22,27)(H,23,29)(H,24,26)/t20-/m1/s1. The molecule has 1 atom stereocenters. The van der Waals surface area contributed by atoms with Crippen LogP contribution in [0.25, 0.3) is 0 Å². The first-order valence-electron chi connectivity index (χ1n) is 8.89. The van der Waals surface area contributed by atoms with Crippen molar-refractivity contribution in [3.63, 3.8) is 0 Å². The second kappa shape index (κ2) is 8.19. The van der Waals surface area contributed by atoms with Gasteiger partial charge in [0.05, 0.1) is 19.2 Å². The molecule has 0 aromatic heterocycles. The fraction of sp³-hybridized carbons (Fsp3) is 0.200. The van der Waals surface area contributed by atoms with E-state index in [1.165, 1.54) is 32.2 Å². The van der Waals surface area contributed by atoms with E-state index in [9.17, 15) is 23.6 Å². The number of carbonyl (C=O) groups excluding carboxylic acids is 4. The summed E-state index contributed by atoms with van der Waals surface area (Å²) in [4.78, 5) is 49.2. The van der Waals surface area contributed by atoms with E-state index in [0.29, 0.717) is 16.3 Å². The second-order valence-electron chi connectivity index (χ2n) is 6.63. The van der Waals surface area contributed by atoms with E-state index in [4.69, 9.17) is 4.74 Å². The second-order valence-corrected chi connectivity index (χ2v) is 6.63. The Balaban J connectivity index is 1.66. The molecule has 1 aliphatic heterocycles. The smallest absolute Gasteiger partial charge is 0.344 e. The minimum absolute atomic E-state index is 0.231. The predicted molar refractivity (Wildman–Crippen MR) is 103 cm³/mol. The van der Waals surface area contributed by atoms with Gasteiger partial charge in [-0.1, -0.05) is 24.3 Å². The zero-order valence-electron chi connectivity index (χ0n) is 16.2. The van der Waals surface area contributed by atoms with Crippen molar-refractivity contribution in [2.45, 2.75) is 12.5 Å². The average Bonchev–Trinajstić information content (AvgIpc) is 2.96. The molecule has 5 amide bonds. The fourth-order valence-electron chi connectivity index (χ4n) is 2.94. The topological polar surface area (TPSA) is 117 Å². The lowest BCUT2D eigenvalue weighted by Gasteiger charge is -2.22. The van der Waals surface area contributed by atoms with Crippen LogP contribution in [-0.2, 0) is 15.1 Å². The number of benzene rings is 2. The molecule has 0 saturated carbocycles. The highest BCUT2D eigenvalue weighted by molar-refractivity contribution is 6.08. The summed E-state index contributed by atoms with van der Waals surface area (Å²) < 4.78 is 18.8. The van der Waals surface area contributed by atoms with Gasteiger partial charge in [0, 0.05) is 0 Å². The Bertz CT molecular complexity index is 1030. The number of carbonyl (C=O) groups is 4. The highest BCUT2D eigenvalue weighted by Crippen LogP contribution is 2.30. The van der Waals surface area contributed by atoms with E-state index in [2.05, 4.69) is 16.1 Å². The number of hydrogen-bond acceptors (Lipinski definition) is 5. The number of amides is 5. The third-order valence-corrected chi connectivity index (χ3v) is 4.60. The SMILES string of the molecule is COc1cccc([C@@]2(C)NC(=O)N(NC(=O)CNC(=O)c3ccccc3F)C2=O)c1. The van der Waals surface area contributed by atoms with Crippen LogP contribution in [0.5, 0.6) is 5.75 Å². The van der Waals surface area contributed by atoms with Gasteiger partial charge in [0.15, 0.2) is 0 Å². The first-order valence-corrected chi connectivity index (χ1v) is 8.89. The summed E-state index contributed by atoms with van der Waals surface area (Å²) in [6, 6.07) is 11.0. The number of methoxy groups -OCH3 is 1. The molecule has 156 valence electrons. The van der Waals surface area contributed by atoms with E-state index >= 15 is 0 Å². The largest absolute Gasteiger partial charge is 0.497 e. The van der Waals surface area contributed by atoms with Gasteiger partial charge in [0.1, 0.15) is 17.1 Å². The third-order valence-electron chi connectivity index (χ3n) is 4.60. The van der Waals surface area contributed by atoms with Crippen LogP contribution in [0.1, 0.15) is 22.8 Å². The monoisotopic (exact) mass is 414 g/mol. The molecule has 2 aromatic carbocycles. The lowest BCUT2D eigenvalue weighted by atomic mass is 9.92. The number of imide groups is 1. The lowest BCUT2D eigenvalue weighted by molar-refractivity contribution is -0.138. The molecule has 1 aliphatic rings. The van der Waals surface area contributed by atoms with Crippen LogP contribution in [0.15, 0.2) is 48.5 Å². The van der Waals surface area contributed by atoms with Crippen LogP contribution in [-0.4, -0.2) is 42.4 Å². The van der Waals surface area contributed by atoms with Crippen molar-refractivity contribution < 1.29 is 28.3 Å². The molecule has 1 fully saturated rings. The predicted octanol–water partition coefficient (Wildman–Crippen LogP) is 1.06. The molecule has 0 radical (unpaired) electrons. The maximum atomic E-state index is 13.6. The van der Waals surface area contributed by atoms with Gasteiger partial charge in [-0.15, -0.1) is 0 Å². The summed E-state index contributed by atoms with van der Waals surface area (Å²) in [6.45, 7) is 0.925. The zero-order valence-corrected chi connectivity index (χ0v) is 16.2. The Kier molecular flexibility index (Phi) is 5.67. The number of nitrogens with zero attached hydrogens (tertiary/aromatic N) is 1. The van der Waals surface area contributed by atoms with Crippen molar-refractivity contribution in [3.05, 3.63) is 65.5 Å². The lowest BCUT2D eigenvalue weighted by Crippen LogP contribution is -2.50. The fourth-order valence-corrected chi connectivity index (χ4v) is 2.94. The average molecular weight is 414 g/mol. The van der Waals surface area contributed by atoms with Crippen LogP contribution in [0.3, 0.4) is 0 Å². The first-order chi connectivity index (χ1) is 14.3. The summed E-state index contributed by atoms with van der Waals surface area (Å²) in [6.07, 6.45) is 0. The van der Waals surface area contributed by atoms with Crippen molar-refractivity contribution in [2.24, 2.45) is 0 Å². The number of halogens is 1. The number of urea groups is 1. The van der Waals surface area contributed by atoms with E-state index in [1.54, 1.807) is 24.3 Å². The molecule has 1 saturated heterocycles. The van der Waals surface area contributed by atoms with E-state index in [-0.39, 0.29) is 5.56 Å². The maximum absolute atomic E-state index is 13.6. The van der Waals surface area contributed by atoms with Gasteiger partial charge in [-0.05, 0) is 36.8 Å². The minimum Gasteiger partial charge on any atom is -0.497 e. The maximum Gasteiger partial charge on any atom is 0.344 e. The molecule has 0 spiro atoms. The van der Waals surface area contributed by atoms with Crippen LogP contribution < -0.4 is 20.8 Å². The van der Waals surface area contributed by atoms with Crippen LogP contribution >= 0.6 is 0 Å². The van der Waals surface area contributed by atoms with Crippen LogP contribution in [0, 0.1) is 5.82 Å². The molecule has 0 bridgehead atoms. The normalized spacial score (nSPS) is 18.0. The Labute approximate surface area is 171 Å². The molecule has 1 heterocycles. The van der Waals surface area contributed by atoms with Crippen molar-refractivity contribution in [1.82, 2.24) is 21.1 Å².